The van der Waals surface area contributed by atoms with Crippen molar-refractivity contribution in [2.75, 3.05) is 11.4 Å². The number of benzene rings is 1. The fourth-order valence-corrected chi connectivity index (χ4v) is 4.41. The summed E-state index contributed by atoms with van der Waals surface area (Å²) in [5.41, 5.74) is 1.26. The molecule has 2 fully saturated rings. The van der Waals surface area contributed by atoms with Crippen molar-refractivity contribution in [3.63, 3.8) is 0 Å². The summed E-state index contributed by atoms with van der Waals surface area (Å²) in [5.74, 6) is -0.424. The van der Waals surface area contributed by atoms with Gasteiger partial charge >= 0.3 is 6.03 Å². The van der Waals surface area contributed by atoms with Crippen LogP contribution in [0.4, 0.5) is 10.5 Å². The van der Waals surface area contributed by atoms with Crippen LogP contribution in [0.3, 0.4) is 0 Å². The van der Waals surface area contributed by atoms with Gasteiger partial charge in [0.2, 0.25) is 5.91 Å². The lowest BCUT2D eigenvalue weighted by atomic mass is 9.97. The van der Waals surface area contributed by atoms with Crippen LogP contribution in [-0.4, -0.2) is 40.9 Å². The summed E-state index contributed by atoms with van der Waals surface area (Å²) in [6.07, 6.45) is 5.03. The molecule has 1 spiro atoms. The van der Waals surface area contributed by atoms with E-state index in [0.29, 0.717) is 19.4 Å². The number of rotatable bonds is 2. The fourth-order valence-electron chi connectivity index (χ4n) is 4.41. The van der Waals surface area contributed by atoms with Crippen molar-refractivity contribution in [3.05, 3.63) is 29.8 Å². The largest absolute Gasteiger partial charge is 0.325 e. The molecule has 1 atom stereocenters. The first-order chi connectivity index (χ1) is 12.0. The van der Waals surface area contributed by atoms with E-state index in [1.165, 1.54) is 0 Å². The highest BCUT2D eigenvalue weighted by Gasteiger charge is 2.54. The Morgan fingerprint density at radius 1 is 1.16 bits per heavy atom. The lowest BCUT2D eigenvalue weighted by molar-refractivity contribution is -0.137. The Hall–Kier alpha value is -2.37. The van der Waals surface area contributed by atoms with Crippen molar-refractivity contribution in [1.82, 2.24) is 10.2 Å². The van der Waals surface area contributed by atoms with Crippen LogP contribution in [0.15, 0.2) is 24.3 Å². The Kier molecular flexibility index (Phi) is 3.78. The average molecular weight is 341 g/mol. The molecule has 25 heavy (non-hydrogen) atoms. The van der Waals surface area contributed by atoms with Gasteiger partial charge < -0.3 is 10.2 Å². The minimum Gasteiger partial charge on any atom is -0.323 e. The maximum Gasteiger partial charge on any atom is 0.325 e. The summed E-state index contributed by atoms with van der Waals surface area (Å²) in [6.45, 7) is 2.28. The molecule has 6 heteroatoms. The zero-order chi connectivity index (χ0) is 17.6. The van der Waals surface area contributed by atoms with Crippen LogP contribution in [0.2, 0.25) is 0 Å². The van der Waals surface area contributed by atoms with Gasteiger partial charge in [0, 0.05) is 12.2 Å². The first-order valence-corrected chi connectivity index (χ1v) is 9.09. The van der Waals surface area contributed by atoms with E-state index in [9.17, 15) is 14.4 Å². The summed E-state index contributed by atoms with van der Waals surface area (Å²) < 4.78 is 0. The van der Waals surface area contributed by atoms with Crippen molar-refractivity contribution < 1.29 is 14.4 Å². The van der Waals surface area contributed by atoms with Gasteiger partial charge in [0.05, 0.1) is 0 Å². The number of urea groups is 1. The number of aryl methyl sites for hydroxylation is 1. The van der Waals surface area contributed by atoms with E-state index in [1.54, 1.807) is 11.8 Å². The summed E-state index contributed by atoms with van der Waals surface area (Å²) in [7, 11) is 0. The topological polar surface area (TPSA) is 69.7 Å². The first kappa shape index (κ1) is 16.1. The van der Waals surface area contributed by atoms with Gasteiger partial charge in [-0.15, -0.1) is 0 Å². The molecule has 4 amide bonds. The number of carbonyl (C=O) groups is 3. The summed E-state index contributed by atoms with van der Waals surface area (Å²) in [4.78, 5) is 41.3. The van der Waals surface area contributed by atoms with Crippen molar-refractivity contribution in [1.29, 1.82) is 0 Å². The Bertz CT molecular complexity index is 739. The lowest BCUT2D eigenvalue weighted by Crippen LogP contribution is -2.52. The van der Waals surface area contributed by atoms with E-state index in [2.05, 4.69) is 5.32 Å². The molecule has 1 aromatic rings. The van der Waals surface area contributed by atoms with Crippen molar-refractivity contribution in [3.8, 4) is 0 Å². The Balaban J connectivity index is 1.59. The normalized spacial score (nSPS) is 22.9. The van der Waals surface area contributed by atoms with Gasteiger partial charge in [-0.3, -0.25) is 9.59 Å². The van der Waals surface area contributed by atoms with Crippen LogP contribution < -0.4 is 10.2 Å². The predicted molar refractivity (Wildman–Crippen MR) is 93.2 cm³/mol. The Morgan fingerprint density at radius 3 is 2.64 bits per heavy atom. The van der Waals surface area contributed by atoms with Crippen LogP contribution >= 0.6 is 0 Å². The van der Waals surface area contributed by atoms with E-state index in [0.717, 1.165) is 41.8 Å². The molecule has 1 saturated carbocycles. The number of nitrogens with one attached hydrogen (secondary N) is 1. The van der Waals surface area contributed by atoms with Crippen LogP contribution in [-0.2, 0) is 16.0 Å². The molecule has 3 aliphatic rings. The number of hydrogen-bond donors (Lipinski definition) is 1. The molecule has 0 bridgehead atoms. The third-order valence-electron chi connectivity index (χ3n) is 5.77. The molecule has 1 saturated heterocycles. The smallest absolute Gasteiger partial charge is 0.323 e. The highest BCUT2D eigenvalue weighted by atomic mass is 16.2. The van der Waals surface area contributed by atoms with Gasteiger partial charge in [0.1, 0.15) is 11.6 Å². The quantitative estimate of drug-likeness (QED) is 0.839. The summed E-state index contributed by atoms with van der Waals surface area (Å²) in [5, 5.41) is 2.85. The van der Waals surface area contributed by atoms with Gasteiger partial charge in [0.15, 0.2) is 0 Å². The van der Waals surface area contributed by atoms with Gasteiger partial charge in [-0.25, -0.2) is 9.69 Å². The molecule has 4 rings (SSSR count). The molecule has 0 radical (unpaired) electrons. The van der Waals surface area contributed by atoms with E-state index in [-0.39, 0.29) is 11.8 Å². The molecular weight excluding hydrogens is 318 g/mol. The maximum absolute atomic E-state index is 13.1. The van der Waals surface area contributed by atoms with Crippen molar-refractivity contribution in [2.24, 2.45) is 0 Å². The zero-order valence-corrected chi connectivity index (χ0v) is 14.5. The third kappa shape index (κ3) is 2.42. The van der Waals surface area contributed by atoms with E-state index < -0.39 is 17.6 Å². The zero-order valence-electron chi connectivity index (χ0n) is 14.5. The molecule has 132 valence electrons. The number of fused-ring (bicyclic) bond motifs is 1. The summed E-state index contributed by atoms with van der Waals surface area (Å²) >= 11 is 0. The number of hydrogen-bond acceptors (Lipinski definition) is 3. The lowest BCUT2D eigenvalue weighted by Gasteiger charge is -2.33. The SMILES string of the molecule is CC(C(=O)N1CCCc2ccccc21)N1C(=O)NC2(CCCC2)C1=O. The van der Waals surface area contributed by atoms with Crippen LogP contribution in [0, 0.1) is 0 Å². The first-order valence-electron chi connectivity index (χ1n) is 9.09. The molecule has 1 unspecified atom stereocenters. The molecule has 2 heterocycles. The predicted octanol–water partition coefficient (Wildman–Crippen LogP) is 2.22. The monoisotopic (exact) mass is 341 g/mol. The number of imide groups is 1. The second-order valence-corrected chi connectivity index (χ2v) is 7.29. The number of nitrogens with zero attached hydrogens (tertiary/aromatic N) is 2. The van der Waals surface area contributed by atoms with Gasteiger partial charge in [-0.05, 0) is 44.2 Å². The minimum atomic E-state index is -0.793. The van der Waals surface area contributed by atoms with Crippen molar-refractivity contribution >= 4 is 23.5 Å². The van der Waals surface area contributed by atoms with Gasteiger partial charge in [-0.2, -0.15) is 0 Å². The number of para-hydroxylation sites is 1. The van der Waals surface area contributed by atoms with Gasteiger partial charge in [0.25, 0.3) is 5.91 Å². The van der Waals surface area contributed by atoms with Crippen LogP contribution in [0.5, 0.6) is 0 Å². The highest BCUT2D eigenvalue weighted by Crippen LogP contribution is 2.36. The van der Waals surface area contributed by atoms with Gasteiger partial charge in [-0.1, -0.05) is 31.0 Å². The average Bonchev–Trinajstić information content (AvgIpc) is 3.19. The molecule has 1 aromatic carbocycles. The number of amides is 4. The molecule has 0 aromatic heterocycles. The van der Waals surface area contributed by atoms with E-state index in [1.807, 2.05) is 24.3 Å². The van der Waals surface area contributed by atoms with Crippen LogP contribution in [0.1, 0.15) is 44.6 Å². The Labute approximate surface area is 147 Å². The molecular formula is C19H23N3O3. The fraction of sp³-hybridized carbons (Fsp3) is 0.526. The number of carbonyl (C=O) groups excluding carboxylic acids is 3. The minimum absolute atomic E-state index is 0.189. The van der Waals surface area contributed by atoms with E-state index in [4.69, 9.17) is 0 Å². The summed E-state index contributed by atoms with van der Waals surface area (Å²) in [6, 6.07) is 6.62. The molecule has 1 aliphatic carbocycles. The second-order valence-electron chi connectivity index (χ2n) is 7.29. The Morgan fingerprint density at radius 2 is 1.88 bits per heavy atom. The third-order valence-corrected chi connectivity index (χ3v) is 5.77. The number of anilines is 1. The van der Waals surface area contributed by atoms with E-state index >= 15 is 0 Å². The molecule has 6 nitrogen and oxygen atoms in total. The molecule has 2 aliphatic heterocycles. The van der Waals surface area contributed by atoms with Crippen molar-refractivity contribution in [2.45, 2.75) is 57.0 Å². The standard InChI is InChI=1S/C19H23N3O3/c1-13(22-17(24)19(20-18(22)25)10-4-5-11-19)16(23)21-12-6-8-14-7-2-3-9-15(14)21/h2-3,7,9,13H,4-6,8,10-12H2,1H3,(H,20,25). The second kappa shape index (κ2) is 5.86. The maximum atomic E-state index is 13.1. The van der Waals surface area contributed by atoms with Crippen LogP contribution in [0.25, 0.3) is 0 Å². The highest BCUT2D eigenvalue weighted by molar-refractivity contribution is 6.11. The molecule has 1 N–H and O–H groups in total.